The normalized spacial score (nSPS) is 10.4. The molecular weight excluding hydrogens is 353 g/mol. The molecule has 0 fully saturated rings. The Kier molecular flexibility index (Phi) is 5.82. The zero-order valence-corrected chi connectivity index (χ0v) is 13.9. The number of para-hydroxylation sites is 1. The van der Waals surface area contributed by atoms with Crippen molar-refractivity contribution in [3.05, 3.63) is 52.3 Å². The second kappa shape index (κ2) is 7.85. The Morgan fingerprint density at radius 1 is 1.24 bits per heavy atom. The zero-order valence-electron chi connectivity index (χ0n) is 13.2. The van der Waals surface area contributed by atoms with Gasteiger partial charge < -0.3 is 20.3 Å². The van der Waals surface area contributed by atoms with E-state index in [1.807, 2.05) is 0 Å². The summed E-state index contributed by atoms with van der Waals surface area (Å²) in [6.07, 6.45) is -0.244. The van der Waals surface area contributed by atoms with Crippen LogP contribution in [0.5, 0.6) is 11.5 Å². The van der Waals surface area contributed by atoms with E-state index in [0.717, 1.165) is 13.2 Å². The molecule has 25 heavy (non-hydrogen) atoms. The van der Waals surface area contributed by atoms with Crippen molar-refractivity contribution < 1.29 is 28.9 Å². The van der Waals surface area contributed by atoms with Crippen LogP contribution in [-0.4, -0.2) is 29.2 Å². The van der Waals surface area contributed by atoms with E-state index in [1.54, 1.807) is 6.07 Å². The molecule has 0 unspecified atom stereocenters. The van der Waals surface area contributed by atoms with Crippen LogP contribution in [0.1, 0.15) is 22.3 Å². The van der Waals surface area contributed by atoms with Crippen LogP contribution in [-0.2, 0) is 16.0 Å². The van der Waals surface area contributed by atoms with Crippen LogP contribution in [0.15, 0.2) is 30.3 Å². The van der Waals surface area contributed by atoms with E-state index in [9.17, 15) is 24.2 Å². The average molecular weight is 368 g/mol. The molecule has 0 saturated carbocycles. The van der Waals surface area contributed by atoms with Gasteiger partial charge in [-0.05, 0) is 24.1 Å². The smallest absolute Gasteiger partial charge is 0.341 e. The van der Waals surface area contributed by atoms with Crippen molar-refractivity contribution in [1.82, 2.24) is 0 Å². The molecule has 6 nitrogen and oxygen atoms in total. The minimum absolute atomic E-state index is 0.0190. The summed E-state index contributed by atoms with van der Waals surface area (Å²) < 4.78 is 18.1. The number of rotatable bonds is 5. The van der Waals surface area contributed by atoms with Crippen LogP contribution < -0.4 is 5.32 Å². The van der Waals surface area contributed by atoms with E-state index in [1.165, 1.54) is 18.2 Å². The maximum Gasteiger partial charge on any atom is 0.341 e. The second-order valence-electron chi connectivity index (χ2n) is 5.10. The lowest BCUT2D eigenvalue weighted by molar-refractivity contribution is -0.116. The quantitative estimate of drug-likeness (QED) is 0.705. The van der Waals surface area contributed by atoms with E-state index in [2.05, 4.69) is 10.1 Å². The van der Waals surface area contributed by atoms with Crippen molar-refractivity contribution in [2.24, 2.45) is 0 Å². The number of phenolic OH excluding ortho intramolecular Hbond substituents is 2. The summed E-state index contributed by atoms with van der Waals surface area (Å²) in [4.78, 5) is 23.8. The van der Waals surface area contributed by atoms with Gasteiger partial charge in [0.05, 0.1) is 17.8 Å². The van der Waals surface area contributed by atoms with Crippen molar-refractivity contribution in [1.29, 1.82) is 0 Å². The zero-order chi connectivity index (χ0) is 18.6. The van der Waals surface area contributed by atoms with Gasteiger partial charge in [-0.3, -0.25) is 4.79 Å². The van der Waals surface area contributed by atoms with Crippen LogP contribution in [0, 0.1) is 5.82 Å². The number of anilines is 1. The first-order chi connectivity index (χ1) is 11.8. The number of carbonyl (C=O) groups excluding carboxylic acids is 2. The molecule has 0 radical (unpaired) electrons. The molecule has 8 heteroatoms. The Morgan fingerprint density at radius 2 is 1.92 bits per heavy atom. The largest absolute Gasteiger partial charge is 0.507 e. The first-order valence-corrected chi connectivity index (χ1v) is 7.59. The van der Waals surface area contributed by atoms with Gasteiger partial charge in [-0.15, -0.1) is 0 Å². The number of hydrogen-bond acceptors (Lipinski definition) is 5. The SMILES string of the molecule is COC(=O)c1c(O)cc(O)c(Cl)c1CCC(=O)Nc1ccccc1F. The van der Waals surface area contributed by atoms with Gasteiger partial charge in [-0.2, -0.15) is 0 Å². The standard InChI is InChI=1S/C17H15ClFNO5/c1-25-17(24)15-9(16(18)13(22)8-12(15)21)6-7-14(23)20-11-5-3-2-4-10(11)19/h2-5,8,21-22H,6-7H2,1H3,(H,20,23). The molecule has 2 rings (SSSR count). The number of esters is 1. The third-order valence-corrected chi connectivity index (χ3v) is 3.88. The number of hydrogen-bond donors (Lipinski definition) is 3. The molecule has 0 aliphatic carbocycles. The molecule has 0 heterocycles. The fraction of sp³-hybridized carbons (Fsp3) is 0.176. The van der Waals surface area contributed by atoms with Crippen molar-refractivity contribution in [2.75, 3.05) is 12.4 Å². The van der Waals surface area contributed by atoms with Crippen LogP contribution in [0.3, 0.4) is 0 Å². The Hall–Kier alpha value is -2.80. The van der Waals surface area contributed by atoms with Crippen LogP contribution in [0.4, 0.5) is 10.1 Å². The molecule has 0 saturated heterocycles. The van der Waals surface area contributed by atoms with Crippen molar-refractivity contribution in [2.45, 2.75) is 12.8 Å². The van der Waals surface area contributed by atoms with Gasteiger partial charge in [0.25, 0.3) is 0 Å². The van der Waals surface area contributed by atoms with Crippen molar-refractivity contribution >= 4 is 29.2 Å². The molecule has 1 amide bonds. The maximum atomic E-state index is 13.5. The van der Waals surface area contributed by atoms with Gasteiger partial charge in [0.1, 0.15) is 22.9 Å². The van der Waals surface area contributed by atoms with Crippen molar-refractivity contribution in [3.8, 4) is 11.5 Å². The molecule has 2 aromatic carbocycles. The Bertz CT molecular complexity index is 825. The average Bonchev–Trinajstić information content (AvgIpc) is 2.58. The van der Waals surface area contributed by atoms with E-state index >= 15 is 0 Å². The number of halogens is 2. The fourth-order valence-electron chi connectivity index (χ4n) is 2.26. The van der Waals surface area contributed by atoms with Gasteiger partial charge in [0, 0.05) is 12.5 Å². The third-order valence-electron chi connectivity index (χ3n) is 3.46. The number of amides is 1. The predicted molar refractivity (Wildman–Crippen MR) is 89.5 cm³/mol. The summed E-state index contributed by atoms with van der Waals surface area (Å²) in [6.45, 7) is 0. The Morgan fingerprint density at radius 3 is 2.56 bits per heavy atom. The van der Waals surface area contributed by atoms with Gasteiger partial charge in [-0.1, -0.05) is 23.7 Å². The molecule has 0 atom stereocenters. The van der Waals surface area contributed by atoms with Gasteiger partial charge in [-0.25, -0.2) is 9.18 Å². The monoisotopic (exact) mass is 367 g/mol. The summed E-state index contributed by atoms with van der Waals surface area (Å²) in [7, 11) is 1.12. The molecule has 0 aliphatic rings. The molecule has 0 bridgehead atoms. The second-order valence-corrected chi connectivity index (χ2v) is 5.48. The number of carbonyl (C=O) groups is 2. The van der Waals surface area contributed by atoms with E-state index in [0.29, 0.717) is 0 Å². The summed E-state index contributed by atoms with van der Waals surface area (Å²) >= 11 is 5.98. The maximum absolute atomic E-state index is 13.5. The van der Waals surface area contributed by atoms with Gasteiger partial charge >= 0.3 is 5.97 Å². The van der Waals surface area contributed by atoms with E-state index < -0.39 is 29.2 Å². The highest BCUT2D eigenvalue weighted by atomic mass is 35.5. The minimum atomic E-state index is -0.857. The highest BCUT2D eigenvalue weighted by Crippen LogP contribution is 2.37. The Balaban J connectivity index is 2.21. The lowest BCUT2D eigenvalue weighted by Crippen LogP contribution is -2.15. The highest BCUT2D eigenvalue weighted by Gasteiger charge is 2.23. The summed E-state index contributed by atoms with van der Waals surface area (Å²) in [5.41, 5.74) is -0.149. The van der Waals surface area contributed by atoms with Crippen molar-refractivity contribution in [3.63, 3.8) is 0 Å². The number of nitrogens with one attached hydrogen (secondary N) is 1. The lowest BCUT2D eigenvalue weighted by Gasteiger charge is -2.13. The first-order valence-electron chi connectivity index (χ1n) is 7.21. The number of benzene rings is 2. The molecule has 0 spiro atoms. The van der Waals surface area contributed by atoms with Crippen LogP contribution >= 0.6 is 11.6 Å². The minimum Gasteiger partial charge on any atom is -0.507 e. The predicted octanol–water partition coefficient (Wildman–Crippen LogP) is 3.25. The van der Waals surface area contributed by atoms with E-state index in [4.69, 9.17) is 11.6 Å². The first kappa shape index (κ1) is 18.5. The molecule has 2 aromatic rings. The summed E-state index contributed by atoms with van der Waals surface area (Å²) in [6, 6.07) is 6.58. The molecule has 3 N–H and O–H groups in total. The highest BCUT2D eigenvalue weighted by molar-refractivity contribution is 6.33. The van der Waals surface area contributed by atoms with Crippen LogP contribution in [0.2, 0.25) is 5.02 Å². The number of ether oxygens (including phenoxy) is 1. The van der Waals surface area contributed by atoms with Gasteiger partial charge in [0.2, 0.25) is 5.91 Å². The fourth-order valence-corrected chi connectivity index (χ4v) is 2.51. The van der Waals surface area contributed by atoms with E-state index in [-0.39, 0.29) is 34.7 Å². The number of phenols is 2. The molecular formula is C17H15ClFNO5. The van der Waals surface area contributed by atoms with Gasteiger partial charge in [0.15, 0.2) is 0 Å². The molecule has 132 valence electrons. The topological polar surface area (TPSA) is 95.9 Å². The summed E-state index contributed by atoms with van der Waals surface area (Å²) in [5, 5.41) is 21.8. The molecule has 0 aromatic heterocycles. The Labute approximate surface area is 147 Å². The lowest BCUT2D eigenvalue weighted by atomic mass is 10.0. The molecule has 0 aliphatic heterocycles. The third kappa shape index (κ3) is 4.19. The summed E-state index contributed by atoms with van der Waals surface area (Å²) in [5.74, 6) is -2.92. The number of aromatic hydroxyl groups is 2. The van der Waals surface area contributed by atoms with Crippen LogP contribution in [0.25, 0.3) is 0 Å². The number of methoxy groups -OCH3 is 1.